The molecule has 23 heavy (non-hydrogen) atoms. The topological polar surface area (TPSA) is 55.4 Å². The average Bonchev–Trinajstić information content (AvgIpc) is 2.53. The molecule has 120 valence electrons. The van der Waals surface area contributed by atoms with Crippen molar-refractivity contribution in [1.29, 1.82) is 0 Å². The summed E-state index contributed by atoms with van der Waals surface area (Å²) in [5, 5.41) is 2.72. The molecule has 0 aliphatic carbocycles. The molecule has 2 rings (SSSR count). The molecule has 0 heterocycles. The van der Waals surface area contributed by atoms with Gasteiger partial charge < -0.3 is 10.1 Å². The molecule has 2 aromatic carbocycles. The normalized spacial score (nSPS) is 11.6. The van der Waals surface area contributed by atoms with Gasteiger partial charge in [-0.3, -0.25) is 4.79 Å². The number of hydrogen-bond acceptors (Lipinski definition) is 3. The first-order valence-electron chi connectivity index (χ1n) is 6.94. The number of hydrogen-bond donors (Lipinski definition) is 1. The molecule has 0 aromatic heterocycles. The van der Waals surface area contributed by atoms with E-state index in [0.29, 0.717) is 0 Å². The summed E-state index contributed by atoms with van der Waals surface area (Å²) >= 11 is 3.41. The van der Waals surface area contributed by atoms with Crippen LogP contribution >= 0.6 is 15.9 Å². The van der Waals surface area contributed by atoms with Gasteiger partial charge in [0.1, 0.15) is 5.82 Å². The van der Waals surface area contributed by atoms with Gasteiger partial charge in [0.05, 0.1) is 11.6 Å². The summed E-state index contributed by atoms with van der Waals surface area (Å²) in [6, 6.07) is 12.7. The van der Waals surface area contributed by atoms with Crippen molar-refractivity contribution in [3.8, 4) is 0 Å². The Hall–Kier alpha value is -2.21. The quantitative estimate of drug-likeness (QED) is 0.807. The average molecular weight is 380 g/mol. The number of carbonyl (C=O) groups excluding carboxylic acids is 2. The minimum Gasteiger partial charge on any atom is -0.452 e. The lowest BCUT2D eigenvalue weighted by Crippen LogP contribution is -2.31. The summed E-state index contributed by atoms with van der Waals surface area (Å²) < 4.78 is 19.1. The smallest absolute Gasteiger partial charge is 0.341 e. The molecule has 0 saturated carbocycles. The van der Waals surface area contributed by atoms with Gasteiger partial charge in [0.15, 0.2) is 6.61 Å². The molecule has 0 bridgehead atoms. The van der Waals surface area contributed by atoms with Gasteiger partial charge >= 0.3 is 5.97 Å². The Balaban J connectivity index is 1.89. The van der Waals surface area contributed by atoms with Crippen molar-refractivity contribution in [2.75, 3.05) is 6.61 Å². The van der Waals surface area contributed by atoms with E-state index in [1.165, 1.54) is 18.2 Å². The van der Waals surface area contributed by atoms with Gasteiger partial charge in [-0.1, -0.05) is 46.3 Å². The summed E-state index contributed by atoms with van der Waals surface area (Å²) in [5.41, 5.74) is 0.709. The predicted molar refractivity (Wildman–Crippen MR) is 87.4 cm³/mol. The van der Waals surface area contributed by atoms with Gasteiger partial charge in [-0.15, -0.1) is 0 Å². The van der Waals surface area contributed by atoms with Crippen LogP contribution < -0.4 is 5.32 Å². The molecule has 0 saturated heterocycles. The highest BCUT2D eigenvalue weighted by atomic mass is 79.9. The monoisotopic (exact) mass is 379 g/mol. The molecule has 0 fully saturated rings. The number of halogens is 2. The van der Waals surface area contributed by atoms with Crippen LogP contribution in [-0.4, -0.2) is 18.5 Å². The maximum atomic E-state index is 13.4. The molecule has 0 spiro atoms. The van der Waals surface area contributed by atoms with E-state index in [0.717, 1.165) is 16.1 Å². The van der Waals surface area contributed by atoms with E-state index in [4.69, 9.17) is 4.74 Å². The molecule has 1 amide bonds. The Morgan fingerprint density at radius 2 is 1.83 bits per heavy atom. The maximum Gasteiger partial charge on any atom is 0.341 e. The third kappa shape index (κ3) is 4.63. The molecule has 0 aliphatic heterocycles. The largest absolute Gasteiger partial charge is 0.452 e. The van der Waals surface area contributed by atoms with Crippen LogP contribution in [0.2, 0.25) is 0 Å². The highest BCUT2D eigenvalue weighted by molar-refractivity contribution is 9.10. The minimum atomic E-state index is -0.869. The molecule has 0 radical (unpaired) electrons. The third-order valence-corrected chi connectivity index (χ3v) is 3.90. The van der Waals surface area contributed by atoms with E-state index >= 15 is 0 Å². The Bertz CT molecular complexity index is 720. The molecule has 0 aliphatic rings. The molecule has 4 nitrogen and oxygen atoms in total. The van der Waals surface area contributed by atoms with Crippen LogP contribution in [0.1, 0.15) is 28.9 Å². The second-order valence-electron chi connectivity index (χ2n) is 4.87. The molecular weight excluding hydrogens is 365 g/mol. The second-order valence-corrected chi connectivity index (χ2v) is 5.72. The first-order valence-corrected chi connectivity index (χ1v) is 7.73. The van der Waals surface area contributed by atoms with Crippen molar-refractivity contribution in [2.45, 2.75) is 13.0 Å². The molecule has 1 N–H and O–H groups in total. The van der Waals surface area contributed by atoms with E-state index in [9.17, 15) is 14.0 Å². The molecular formula is C17H15BrFNO3. The standard InChI is InChI=1S/C17H15BrFNO3/c1-11(12-6-2-4-8-14(12)18)20-16(21)10-23-17(22)13-7-3-5-9-15(13)19/h2-9,11H,10H2,1H3,(H,20,21)/t11-/m1/s1. The fraction of sp³-hybridized carbons (Fsp3) is 0.176. The van der Waals surface area contributed by atoms with Crippen LogP contribution in [0.4, 0.5) is 4.39 Å². The summed E-state index contributed by atoms with van der Waals surface area (Å²) in [5.74, 6) is -2.01. The minimum absolute atomic E-state index is 0.195. The van der Waals surface area contributed by atoms with Crippen molar-refractivity contribution in [1.82, 2.24) is 5.32 Å². The van der Waals surface area contributed by atoms with Crippen LogP contribution in [-0.2, 0) is 9.53 Å². The number of carbonyl (C=O) groups is 2. The number of ether oxygens (including phenoxy) is 1. The van der Waals surface area contributed by atoms with Gasteiger partial charge in [0.2, 0.25) is 0 Å². The number of benzene rings is 2. The second kappa shape index (κ2) is 7.87. The molecule has 6 heteroatoms. The Morgan fingerprint density at radius 3 is 2.52 bits per heavy atom. The van der Waals surface area contributed by atoms with E-state index in [1.54, 1.807) is 0 Å². The first-order chi connectivity index (χ1) is 11.0. The van der Waals surface area contributed by atoms with Gasteiger partial charge in [-0.2, -0.15) is 0 Å². The van der Waals surface area contributed by atoms with Gasteiger partial charge in [-0.25, -0.2) is 9.18 Å². The third-order valence-electron chi connectivity index (χ3n) is 3.18. The van der Waals surface area contributed by atoms with Crippen LogP contribution in [0.15, 0.2) is 53.0 Å². The van der Waals surface area contributed by atoms with Crippen LogP contribution in [0.3, 0.4) is 0 Å². The molecule has 2 aromatic rings. The lowest BCUT2D eigenvalue weighted by atomic mass is 10.1. The van der Waals surface area contributed by atoms with E-state index in [-0.39, 0.29) is 11.6 Å². The Kier molecular flexibility index (Phi) is 5.87. The Morgan fingerprint density at radius 1 is 1.17 bits per heavy atom. The number of nitrogens with one attached hydrogen (secondary N) is 1. The maximum absolute atomic E-state index is 13.4. The van der Waals surface area contributed by atoms with Crippen molar-refractivity contribution in [3.63, 3.8) is 0 Å². The van der Waals surface area contributed by atoms with Crippen molar-refractivity contribution < 1.29 is 18.7 Å². The van der Waals surface area contributed by atoms with Gasteiger partial charge in [0, 0.05) is 4.47 Å². The number of esters is 1. The summed E-state index contributed by atoms with van der Waals surface area (Å²) in [6.07, 6.45) is 0. The number of rotatable bonds is 5. The SMILES string of the molecule is C[C@@H](NC(=O)COC(=O)c1ccccc1F)c1ccccc1Br. The van der Waals surface area contributed by atoms with E-state index < -0.39 is 24.3 Å². The van der Waals surface area contributed by atoms with E-state index in [2.05, 4.69) is 21.2 Å². The van der Waals surface area contributed by atoms with Crippen LogP contribution in [0.5, 0.6) is 0 Å². The zero-order valence-electron chi connectivity index (χ0n) is 12.4. The Labute approximate surface area is 141 Å². The fourth-order valence-corrected chi connectivity index (χ4v) is 2.65. The zero-order valence-corrected chi connectivity index (χ0v) is 14.0. The van der Waals surface area contributed by atoms with Crippen LogP contribution in [0, 0.1) is 5.82 Å². The number of amides is 1. The molecule has 1 atom stereocenters. The highest BCUT2D eigenvalue weighted by Gasteiger charge is 2.16. The summed E-state index contributed by atoms with van der Waals surface area (Å²) in [4.78, 5) is 23.6. The summed E-state index contributed by atoms with van der Waals surface area (Å²) in [7, 11) is 0. The summed E-state index contributed by atoms with van der Waals surface area (Å²) in [6.45, 7) is 1.35. The molecule has 0 unspecified atom stereocenters. The van der Waals surface area contributed by atoms with Crippen molar-refractivity contribution in [3.05, 3.63) is 69.9 Å². The highest BCUT2D eigenvalue weighted by Crippen LogP contribution is 2.22. The van der Waals surface area contributed by atoms with E-state index in [1.807, 2.05) is 31.2 Å². The van der Waals surface area contributed by atoms with Crippen molar-refractivity contribution >= 4 is 27.8 Å². The van der Waals surface area contributed by atoms with Crippen molar-refractivity contribution in [2.24, 2.45) is 0 Å². The van der Waals surface area contributed by atoms with Gasteiger partial charge in [-0.05, 0) is 30.7 Å². The first kappa shape index (κ1) is 17.1. The lowest BCUT2D eigenvalue weighted by Gasteiger charge is -2.15. The zero-order chi connectivity index (χ0) is 16.8. The van der Waals surface area contributed by atoms with Crippen LogP contribution in [0.25, 0.3) is 0 Å². The lowest BCUT2D eigenvalue weighted by molar-refractivity contribution is -0.124. The predicted octanol–water partition coefficient (Wildman–Crippen LogP) is 3.62. The fourth-order valence-electron chi connectivity index (χ4n) is 2.02. The van der Waals surface area contributed by atoms with Gasteiger partial charge in [0.25, 0.3) is 5.91 Å².